The third kappa shape index (κ3) is 13.6. The fraction of sp³-hybridized carbons (Fsp3) is 0.750. The Morgan fingerprint density at radius 2 is 1.47 bits per heavy atom. The van der Waals surface area contributed by atoms with Crippen LogP contribution in [0.5, 0.6) is 0 Å². The second kappa shape index (κ2) is 10.1. The van der Waals surface area contributed by atoms with Gasteiger partial charge in [0.05, 0.1) is 6.61 Å². The predicted molar refractivity (Wildman–Crippen MR) is 71.7 cm³/mol. The van der Waals surface area contributed by atoms with Crippen LogP contribution in [-0.2, 0) is 13.9 Å². The number of carbonyl (C=O) groups is 1. The number of rotatable bonds is 12. The molecule has 7 heteroatoms. The van der Waals surface area contributed by atoms with Gasteiger partial charge in [0, 0.05) is 5.57 Å². The molecule has 0 saturated carbocycles. The van der Waals surface area contributed by atoms with Gasteiger partial charge in [0.2, 0.25) is 0 Å². The number of carboxylic acids is 1. The Balaban J connectivity index is 3.22. The molecule has 0 aliphatic heterocycles. The van der Waals surface area contributed by atoms with E-state index in [1.807, 2.05) is 0 Å². The van der Waals surface area contributed by atoms with Crippen LogP contribution in [-0.4, -0.2) is 27.5 Å². The summed E-state index contributed by atoms with van der Waals surface area (Å²) in [4.78, 5) is 27.4. The first-order valence-electron chi connectivity index (χ1n) is 6.44. The fourth-order valence-electron chi connectivity index (χ4n) is 1.61. The van der Waals surface area contributed by atoms with Crippen LogP contribution >= 0.6 is 7.82 Å². The molecule has 0 heterocycles. The number of unbranched alkanes of at least 4 members (excludes halogenated alkanes) is 6. The zero-order chi connectivity index (χ0) is 14.7. The Bertz CT molecular complexity index is 322. The lowest BCUT2D eigenvalue weighted by Gasteiger charge is -2.05. The van der Waals surface area contributed by atoms with E-state index in [0.29, 0.717) is 12.8 Å². The summed E-state index contributed by atoms with van der Waals surface area (Å²) in [6, 6.07) is 0. The number of carboxylic acid groups (broad SMARTS) is 1. The van der Waals surface area contributed by atoms with Crippen LogP contribution in [0.3, 0.4) is 0 Å². The van der Waals surface area contributed by atoms with Crippen molar-refractivity contribution in [1.82, 2.24) is 0 Å². The maximum absolute atomic E-state index is 10.5. The average Bonchev–Trinajstić information content (AvgIpc) is 2.29. The highest BCUT2D eigenvalue weighted by atomic mass is 31.2. The molecule has 112 valence electrons. The topological polar surface area (TPSA) is 104 Å². The minimum Gasteiger partial charge on any atom is -0.478 e. The van der Waals surface area contributed by atoms with Gasteiger partial charge in [-0.1, -0.05) is 38.7 Å². The van der Waals surface area contributed by atoms with Gasteiger partial charge in [-0.05, 0) is 19.3 Å². The molecule has 0 spiro atoms. The summed E-state index contributed by atoms with van der Waals surface area (Å²) in [6.07, 6.45) is 6.93. The largest absolute Gasteiger partial charge is 0.478 e. The highest BCUT2D eigenvalue weighted by Crippen LogP contribution is 2.35. The first-order valence-corrected chi connectivity index (χ1v) is 7.97. The van der Waals surface area contributed by atoms with Crippen molar-refractivity contribution in [2.24, 2.45) is 0 Å². The molecular formula is C12H23O6P. The lowest BCUT2D eigenvalue weighted by Crippen LogP contribution is -1.98. The Morgan fingerprint density at radius 3 is 1.95 bits per heavy atom. The molecule has 6 nitrogen and oxygen atoms in total. The molecule has 0 aliphatic rings. The first kappa shape index (κ1) is 18.3. The van der Waals surface area contributed by atoms with E-state index in [1.54, 1.807) is 0 Å². The van der Waals surface area contributed by atoms with Crippen molar-refractivity contribution < 1.29 is 28.8 Å². The number of phosphoric acid groups is 1. The van der Waals surface area contributed by atoms with Crippen molar-refractivity contribution in [3.63, 3.8) is 0 Å². The third-order valence-electron chi connectivity index (χ3n) is 2.68. The maximum atomic E-state index is 10.5. The predicted octanol–water partition coefficient (Wildman–Crippen LogP) is 2.86. The summed E-state index contributed by atoms with van der Waals surface area (Å²) >= 11 is 0. The average molecular weight is 294 g/mol. The molecule has 0 unspecified atom stereocenters. The maximum Gasteiger partial charge on any atom is 0.469 e. The second-order valence-corrected chi connectivity index (χ2v) is 5.70. The molecular weight excluding hydrogens is 271 g/mol. The van der Waals surface area contributed by atoms with Crippen LogP contribution in [0.25, 0.3) is 0 Å². The summed E-state index contributed by atoms with van der Waals surface area (Å²) in [5, 5.41) is 8.60. The highest BCUT2D eigenvalue weighted by Gasteiger charge is 2.12. The summed E-state index contributed by atoms with van der Waals surface area (Å²) in [5.41, 5.74) is 0.259. The van der Waals surface area contributed by atoms with E-state index in [4.69, 9.17) is 14.9 Å². The first-order chi connectivity index (χ1) is 8.83. The smallest absolute Gasteiger partial charge is 0.469 e. The van der Waals surface area contributed by atoms with Crippen molar-refractivity contribution in [1.29, 1.82) is 0 Å². The van der Waals surface area contributed by atoms with E-state index >= 15 is 0 Å². The molecule has 0 radical (unpaired) electrons. The standard InChI is InChI=1S/C12H23O6P/c1-11(12(13)14)9-7-5-3-2-4-6-8-10-18-19(15,16)17/h1-10H2,(H,13,14)(H2,15,16,17). The van der Waals surface area contributed by atoms with Gasteiger partial charge in [0.25, 0.3) is 0 Å². The van der Waals surface area contributed by atoms with Crippen LogP contribution in [0.15, 0.2) is 12.2 Å². The molecule has 0 bridgehead atoms. The Hall–Kier alpha value is -0.680. The van der Waals surface area contributed by atoms with E-state index in [0.717, 1.165) is 38.5 Å². The third-order valence-corrected chi connectivity index (χ3v) is 3.20. The normalized spacial score (nSPS) is 11.5. The van der Waals surface area contributed by atoms with Gasteiger partial charge in [0.1, 0.15) is 0 Å². The SMILES string of the molecule is C=C(CCCCCCCCCOP(=O)(O)O)C(=O)O. The lowest BCUT2D eigenvalue weighted by atomic mass is 10.1. The molecule has 0 aromatic rings. The van der Waals surface area contributed by atoms with Crippen LogP contribution < -0.4 is 0 Å². The van der Waals surface area contributed by atoms with E-state index < -0.39 is 13.8 Å². The van der Waals surface area contributed by atoms with E-state index in [9.17, 15) is 9.36 Å². The van der Waals surface area contributed by atoms with Gasteiger partial charge in [0.15, 0.2) is 0 Å². The van der Waals surface area contributed by atoms with Gasteiger partial charge in [-0.15, -0.1) is 0 Å². The molecule has 0 rings (SSSR count). The quantitative estimate of drug-likeness (QED) is 0.290. The summed E-state index contributed by atoms with van der Waals surface area (Å²) in [7, 11) is -4.31. The minimum absolute atomic E-state index is 0.0860. The van der Waals surface area contributed by atoms with Gasteiger partial charge in [-0.3, -0.25) is 4.52 Å². The van der Waals surface area contributed by atoms with Crippen LogP contribution in [0.4, 0.5) is 0 Å². The molecule has 0 fully saturated rings. The van der Waals surface area contributed by atoms with Crippen molar-refractivity contribution in [2.45, 2.75) is 51.4 Å². The number of hydrogen-bond donors (Lipinski definition) is 3. The number of phosphoric ester groups is 1. The van der Waals surface area contributed by atoms with E-state index in [1.165, 1.54) is 0 Å². The highest BCUT2D eigenvalue weighted by molar-refractivity contribution is 7.46. The van der Waals surface area contributed by atoms with Crippen molar-refractivity contribution in [2.75, 3.05) is 6.61 Å². The second-order valence-electron chi connectivity index (χ2n) is 4.46. The summed E-state index contributed by atoms with van der Waals surface area (Å²) in [5.74, 6) is -0.926. The summed E-state index contributed by atoms with van der Waals surface area (Å²) in [6.45, 7) is 3.55. The van der Waals surface area contributed by atoms with Gasteiger partial charge in [-0.2, -0.15) is 0 Å². The van der Waals surface area contributed by atoms with Gasteiger partial charge < -0.3 is 14.9 Å². The molecule has 0 aromatic heterocycles. The van der Waals surface area contributed by atoms with Gasteiger partial charge >= 0.3 is 13.8 Å². The molecule has 0 amide bonds. The Morgan fingerprint density at radius 1 is 1.00 bits per heavy atom. The number of hydrogen-bond acceptors (Lipinski definition) is 3. The molecule has 3 N–H and O–H groups in total. The molecule has 19 heavy (non-hydrogen) atoms. The zero-order valence-corrected chi connectivity index (χ0v) is 12.0. The Kier molecular flexibility index (Phi) is 9.79. The van der Waals surface area contributed by atoms with Crippen molar-refractivity contribution in [3.8, 4) is 0 Å². The van der Waals surface area contributed by atoms with Crippen LogP contribution in [0.2, 0.25) is 0 Å². The molecule has 0 saturated heterocycles. The molecule has 0 aliphatic carbocycles. The van der Waals surface area contributed by atoms with Crippen LogP contribution in [0, 0.1) is 0 Å². The number of aliphatic carboxylic acids is 1. The minimum atomic E-state index is -4.31. The molecule has 0 atom stereocenters. The Labute approximate surface area is 113 Å². The molecule has 0 aromatic carbocycles. The fourth-order valence-corrected chi connectivity index (χ4v) is 1.98. The zero-order valence-electron chi connectivity index (χ0n) is 11.1. The summed E-state index contributed by atoms with van der Waals surface area (Å²) < 4.78 is 14.7. The van der Waals surface area contributed by atoms with Gasteiger partial charge in [-0.25, -0.2) is 9.36 Å². The van der Waals surface area contributed by atoms with E-state index in [-0.39, 0.29) is 12.2 Å². The van der Waals surface area contributed by atoms with E-state index in [2.05, 4.69) is 11.1 Å². The van der Waals surface area contributed by atoms with Crippen molar-refractivity contribution in [3.05, 3.63) is 12.2 Å². The van der Waals surface area contributed by atoms with Crippen molar-refractivity contribution >= 4 is 13.8 Å². The monoisotopic (exact) mass is 294 g/mol. The van der Waals surface area contributed by atoms with Crippen LogP contribution in [0.1, 0.15) is 51.4 Å². The lowest BCUT2D eigenvalue weighted by molar-refractivity contribution is -0.132.